The van der Waals surface area contributed by atoms with Crippen molar-refractivity contribution >= 4 is 34.6 Å². The Kier molecular flexibility index (Phi) is 6.37. The number of benzene rings is 3. The van der Waals surface area contributed by atoms with Crippen LogP contribution in [0.25, 0.3) is 0 Å². The van der Waals surface area contributed by atoms with Crippen LogP contribution in [0.15, 0.2) is 72.8 Å². The van der Waals surface area contributed by atoms with Gasteiger partial charge in [-0.2, -0.15) is 0 Å². The molecule has 0 aromatic heterocycles. The fourth-order valence-corrected chi connectivity index (χ4v) is 3.05. The first-order chi connectivity index (χ1) is 13.0. The second kappa shape index (κ2) is 8.93. The molecule has 6 heteroatoms. The first-order valence-corrected chi connectivity index (χ1v) is 9.09. The molecule has 0 unspecified atom stereocenters. The fraction of sp³-hybridized carbons (Fsp3) is 0.0952. The second-order valence-corrected chi connectivity index (χ2v) is 6.82. The molecule has 0 saturated carbocycles. The van der Waals surface area contributed by atoms with Crippen molar-refractivity contribution < 1.29 is 8.78 Å². The summed E-state index contributed by atoms with van der Waals surface area (Å²) in [6.45, 7) is 1.00. The Hall–Kier alpha value is -2.50. The highest BCUT2D eigenvalue weighted by Crippen LogP contribution is 2.19. The summed E-state index contributed by atoms with van der Waals surface area (Å²) in [7, 11) is 0. The standard InChI is InChI=1S/C21H17ClF2N2S/c22-19-12-16(6-11-20(19)24)14-26(13-15-4-2-1-3-5-15)21(27)25-18-9-7-17(23)8-10-18/h1-12H,13-14H2,(H,25,27). The monoisotopic (exact) mass is 402 g/mol. The normalized spacial score (nSPS) is 10.5. The quantitative estimate of drug-likeness (QED) is 0.525. The number of thiocarbonyl (C=S) groups is 1. The number of anilines is 1. The van der Waals surface area contributed by atoms with Gasteiger partial charge in [-0.25, -0.2) is 8.78 Å². The van der Waals surface area contributed by atoms with Gasteiger partial charge in [0.25, 0.3) is 0 Å². The summed E-state index contributed by atoms with van der Waals surface area (Å²) in [5, 5.41) is 3.67. The van der Waals surface area contributed by atoms with Crippen LogP contribution in [0.1, 0.15) is 11.1 Å². The lowest BCUT2D eigenvalue weighted by Gasteiger charge is -2.26. The molecule has 3 aromatic carbocycles. The van der Waals surface area contributed by atoms with Gasteiger partial charge in [-0.1, -0.05) is 48.0 Å². The molecule has 0 saturated heterocycles. The maximum atomic E-state index is 13.4. The van der Waals surface area contributed by atoms with E-state index in [2.05, 4.69) is 5.32 Å². The number of nitrogens with zero attached hydrogens (tertiary/aromatic N) is 1. The zero-order valence-corrected chi connectivity index (χ0v) is 15.9. The minimum absolute atomic E-state index is 0.0737. The highest BCUT2D eigenvalue weighted by molar-refractivity contribution is 7.80. The lowest BCUT2D eigenvalue weighted by atomic mass is 10.1. The smallest absolute Gasteiger partial charge is 0.174 e. The summed E-state index contributed by atoms with van der Waals surface area (Å²) < 4.78 is 26.6. The highest BCUT2D eigenvalue weighted by atomic mass is 35.5. The number of hydrogen-bond donors (Lipinski definition) is 1. The Morgan fingerprint density at radius 2 is 1.56 bits per heavy atom. The largest absolute Gasteiger partial charge is 0.340 e. The molecule has 1 N–H and O–H groups in total. The van der Waals surface area contributed by atoms with E-state index >= 15 is 0 Å². The van der Waals surface area contributed by atoms with E-state index in [0.29, 0.717) is 23.9 Å². The molecule has 0 atom stereocenters. The van der Waals surface area contributed by atoms with E-state index in [-0.39, 0.29) is 10.8 Å². The van der Waals surface area contributed by atoms with Gasteiger partial charge in [0.15, 0.2) is 5.11 Å². The minimum Gasteiger partial charge on any atom is -0.340 e. The first kappa shape index (κ1) is 19.3. The Morgan fingerprint density at radius 3 is 2.22 bits per heavy atom. The Labute approximate surface area is 167 Å². The van der Waals surface area contributed by atoms with Crippen LogP contribution in [-0.2, 0) is 13.1 Å². The van der Waals surface area contributed by atoms with Crippen LogP contribution in [0.2, 0.25) is 5.02 Å². The molecule has 0 fully saturated rings. The highest BCUT2D eigenvalue weighted by Gasteiger charge is 2.13. The van der Waals surface area contributed by atoms with Crippen LogP contribution >= 0.6 is 23.8 Å². The van der Waals surface area contributed by atoms with Crippen LogP contribution in [0.3, 0.4) is 0 Å². The van der Waals surface area contributed by atoms with Crippen LogP contribution in [0, 0.1) is 11.6 Å². The average Bonchev–Trinajstić information content (AvgIpc) is 2.67. The third-order valence-electron chi connectivity index (χ3n) is 3.96. The van der Waals surface area contributed by atoms with Crippen molar-refractivity contribution in [2.45, 2.75) is 13.1 Å². The van der Waals surface area contributed by atoms with Gasteiger partial charge < -0.3 is 10.2 Å². The molecule has 138 valence electrons. The summed E-state index contributed by atoms with van der Waals surface area (Å²) in [4.78, 5) is 1.94. The van der Waals surface area contributed by atoms with E-state index in [4.69, 9.17) is 23.8 Å². The summed E-state index contributed by atoms with van der Waals surface area (Å²) in [6, 6.07) is 20.5. The zero-order chi connectivity index (χ0) is 19.2. The summed E-state index contributed by atoms with van der Waals surface area (Å²) in [5.74, 6) is -0.768. The topological polar surface area (TPSA) is 15.3 Å². The third kappa shape index (κ3) is 5.49. The van der Waals surface area contributed by atoms with Crippen molar-refractivity contribution in [1.82, 2.24) is 4.90 Å². The predicted octanol–water partition coefficient (Wildman–Crippen LogP) is 6.02. The molecule has 27 heavy (non-hydrogen) atoms. The van der Waals surface area contributed by atoms with Crippen molar-refractivity contribution in [3.8, 4) is 0 Å². The predicted molar refractivity (Wildman–Crippen MR) is 110 cm³/mol. The Balaban J connectivity index is 1.80. The van der Waals surface area contributed by atoms with Crippen molar-refractivity contribution in [1.29, 1.82) is 0 Å². The van der Waals surface area contributed by atoms with Gasteiger partial charge in [-0.3, -0.25) is 0 Å². The van der Waals surface area contributed by atoms with Crippen molar-refractivity contribution in [2.75, 3.05) is 5.32 Å². The van der Waals surface area contributed by atoms with Crippen molar-refractivity contribution in [2.24, 2.45) is 0 Å². The lowest BCUT2D eigenvalue weighted by molar-refractivity contribution is 0.412. The third-order valence-corrected chi connectivity index (χ3v) is 4.61. The van der Waals surface area contributed by atoms with E-state index in [1.807, 2.05) is 35.2 Å². The summed E-state index contributed by atoms with van der Waals surface area (Å²) in [6.07, 6.45) is 0. The number of nitrogens with one attached hydrogen (secondary N) is 1. The molecule has 0 aliphatic carbocycles. The van der Waals surface area contributed by atoms with Gasteiger partial charge >= 0.3 is 0 Å². The summed E-state index contributed by atoms with van der Waals surface area (Å²) in [5.41, 5.74) is 2.60. The molecule has 3 aromatic rings. The maximum absolute atomic E-state index is 13.4. The van der Waals surface area contributed by atoms with Gasteiger partial charge in [0, 0.05) is 18.8 Å². The Bertz CT molecular complexity index is 917. The minimum atomic E-state index is -0.456. The zero-order valence-electron chi connectivity index (χ0n) is 14.3. The van der Waals surface area contributed by atoms with Gasteiger partial charge in [-0.05, 0) is 59.7 Å². The average molecular weight is 403 g/mol. The molecular weight excluding hydrogens is 386 g/mol. The molecule has 0 aliphatic rings. The SMILES string of the molecule is Fc1ccc(NC(=S)N(Cc2ccccc2)Cc2ccc(F)c(Cl)c2)cc1. The van der Waals surface area contributed by atoms with Crippen molar-refractivity contribution in [3.63, 3.8) is 0 Å². The maximum Gasteiger partial charge on any atom is 0.174 e. The van der Waals surface area contributed by atoms with Gasteiger partial charge in [0.1, 0.15) is 11.6 Å². The van der Waals surface area contributed by atoms with Gasteiger partial charge in [-0.15, -0.1) is 0 Å². The lowest BCUT2D eigenvalue weighted by Crippen LogP contribution is -2.33. The summed E-state index contributed by atoms with van der Waals surface area (Å²) >= 11 is 11.5. The molecule has 0 aliphatic heterocycles. The fourth-order valence-electron chi connectivity index (χ4n) is 2.60. The molecular formula is C21H17ClF2N2S. The molecule has 0 heterocycles. The molecule has 0 radical (unpaired) electrons. The molecule has 0 amide bonds. The molecule has 0 spiro atoms. The number of halogens is 3. The molecule has 2 nitrogen and oxygen atoms in total. The second-order valence-electron chi connectivity index (χ2n) is 6.03. The van der Waals surface area contributed by atoms with E-state index in [9.17, 15) is 8.78 Å². The van der Waals surface area contributed by atoms with Crippen LogP contribution < -0.4 is 5.32 Å². The number of hydrogen-bond acceptors (Lipinski definition) is 1. The Morgan fingerprint density at radius 1 is 0.889 bits per heavy atom. The van der Waals surface area contributed by atoms with Crippen LogP contribution in [-0.4, -0.2) is 10.0 Å². The molecule has 3 rings (SSSR count). The first-order valence-electron chi connectivity index (χ1n) is 8.30. The van der Waals surface area contributed by atoms with Crippen LogP contribution in [0.5, 0.6) is 0 Å². The van der Waals surface area contributed by atoms with Gasteiger partial charge in [0.2, 0.25) is 0 Å². The van der Waals surface area contributed by atoms with Gasteiger partial charge in [0.05, 0.1) is 5.02 Å². The van der Waals surface area contributed by atoms with Crippen LogP contribution in [0.4, 0.5) is 14.5 Å². The molecule has 0 bridgehead atoms. The van der Waals surface area contributed by atoms with E-state index < -0.39 is 5.82 Å². The van der Waals surface area contributed by atoms with E-state index in [1.54, 1.807) is 24.3 Å². The number of rotatable bonds is 5. The van der Waals surface area contributed by atoms with Crippen molar-refractivity contribution in [3.05, 3.63) is 101 Å². The van der Waals surface area contributed by atoms with E-state index in [1.165, 1.54) is 18.2 Å². The van der Waals surface area contributed by atoms with E-state index in [0.717, 1.165) is 11.1 Å².